The van der Waals surface area contributed by atoms with Gasteiger partial charge in [-0.25, -0.2) is 0 Å². The molecule has 0 aromatic carbocycles. The molecule has 0 aromatic rings. The first-order valence-corrected chi connectivity index (χ1v) is 2.97. The summed E-state index contributed by atoms with van der Waals surface area (Å²) < 4.78 is 0. The van der Waals surface area contributed by atoms with Crippen LogP contribution in [0, 0.1) is 0 Å². The molecule has 0 rings (SSSR count). The van der Waals surface area contributed by atoms with Gasteiger partial charge in [-0.2, -0.15) is 0 Å². The van der Waals surface area contributed by atoms with Gasteiger partial charge in [-0.3, -0.25) is 0 Å². The quantitative estimate of drug-likeness (QED) is 0.407. The molecule has 0 heterocycles. The van der Waals surface area contributed by atoms with Gasteiger partial charge in [0.1, 0.15) is 0 Å². The van der Waals surface area contributed by atoms with E-state index in [1.165, 1.54) is 0 Å². The van der Waals surface area contributed by atoms with Crippen molar-refractivity contribution in [1.82, 2.24) is 0 Å². The van der Waals surface area contributed by atoms with Gasteiger partial charge in [0.05, 0.1) is 0 Å². The Hall–Kier alpha value is -1.48. The maximum atomic E-state index is 3.53. The van der Waals surface area contributed by atoms with Crippen molar-refractivity contribution in [2.75, 3.05) is 0 Å². The summed E-state index contributed by atoms with van der Waals surface area (Å²) >= 11 is 0. The normalized spacial score (nSPS) is 9.20. The largest absolute Gasteiger partial charge is 0.0991 e. The molecule has 0 aromatic heterocycles. The summed E-state index contributed by atoms with van der Waals surface area (Å²) in [4.78, 5) is 0. The molecule has 0 fully saturated rings. The first-order valence-electron chi connectivity index (χ1n) is 2.97. The van der Waals surface area contributed by atoms with Gasteiger partial charge in [0.15, 0.2) is 0 Å². The Morgan fingerprint density at radius 3 is 2.30 bits per heavy atom. The van der Waals surface area contributed by atoms with Gasteiger partial charge in [0.25, 0.3) is 0 Å². The van der Waals surface area contributed by atoms with E-state index in [9.17, 15) is 0 Å². The highest BCUT2D eigenvalue weighted by atomic mass is 13.6. The summed E-state index contributed by atoms with van der Waals surface area (Å²) in [6, 6.07) is 0. The van der Waals surface area contributed by atoms with Crippen LogP contribution in [0.25, 0.3) is 0 Å². The Morgan fingerprint density at radius 2 is 1.70 bits per heavy atom. The van der Waals surface area contributed by atoms with E-state index in [0.29, 0.717) is 0 Å². The van der Waals surface area contributed by atoms with Crippen LogP contribution in [0.4, 0.5) is 0 Å². The number of hydrogen-bond acceptors (Lipinski definition) is 0. The number of rotatable bonds is 3. The summed E-state index contributed by atoms with van der Waals surface area (Å²) in [5.74, 6) is 0. The van der Waals surface area contributed by atoms with Crippen molar-refractivity contribution in [3.63, 3.8) is 0 Å². The molecule has 10 heavy (non-hydrogen) atoms. The van der Waals surface area contributed by atoms with E-state index >= 15 is 0 Å². The van der Waals surface area contributed by atoms with E-state index in [4.69, 9.17) is 0 Å². The average Bonchev–Trinajstić information content (AvgIpc) is 1.97. The van der Waals surface area contributed by atoms with Crippen molar-refractivity contribution in [1.29, 1.82) is 0 Å². The molecule has 0 spiro atoms. The van der Waals surface area contributed by atoms with Crippen LogP contribution in [0.3, 0.4) is 0 Å². The second kappa shape index (κ2) is 7.52. The molecule has 0 heteroatoms. The van der Waals surface area contributed by atoms with E-state index in [2.05, 4.69) is 24.6 Å². The molecule has 0 aliphatic carbocycles. The van der Waals surface area contributed by atoms with E-state index < -0.39 is 0 Å². The van der Waals surface area contributed by atoms with Crippen LogP contribution in [0.15, 0.2) is 61.1 Å². The SMILES string of the molecule is C=C=C=CC=CC=CC=C. The second-order valence-electron chi connectivity index (χ2n) is 1.49. The predicted octanol–water partition coefficient (Wildman–Crippen LogP) is 2.78. The van der Waals surface area contributed by atoms with Crippen molar-refractivity contribution in [3.05, 3.63) is 61.1 Å². The molecular weight excluding hydrogens is 120 g/mol. The lowest BCUT2D eigenvalue weighted by molar-refractivity contribution is 1.90. The van der Waals surface area contributed by atoms with Crippen LogP contribution in [0.5, 0.6) is 0 Å². The van der Waals surface area contributed by atoms with Crippen molar-refractivity contribution in [2.45, 2.75) is 0 Å². The smallest absolute Gasteiger partial charge is 0.0116 e. The number of hydrogen-bond donors (Lipinski definition) is 0. The lowest BCUT2D eigenvalue weighted by Crippen LogP contribution is -1.46. The average molecular weight is 130 g/mol. The highest BCUT2D eigenvalue weighted by Crippen LogP contribution is 1.77. The predicted molar refractivity (Wildman–Crippen MR) is 45.7 cm³/mol. The molecule has 0 atom stereocenters. The zero-order chi connectivity index (χ0) is 7.66. The highest BCUT2D eigenvalue weighted by molar-refractivity contribution is 5.13. The van der Waals surface area contributed by atoms with Crippen LogP contribution < -0.4 is 0 Å². The molecule has 50 valence electrons. The standard InChI is InChI=1S/C10H10/c1-3-5-7-9-10-8-6-4-2/h3,5,7-10H,1-2H2. The third kappa shape index (κ3) is 6.52. The maximum Gasteiger partial charge on any atom is -0.0116 e. The summed E-state index contributed by atoms with van der Waals surface area (Å²) in [5, 5.41) is 0. The Bertz CT molecular complexity index is 216. The minimum atomic E-state index is 1.72. The zero-order valence-electron chi connectivity index (χ0n) is 5.88. The minimum Gasteiger partial charge on any atom is -0.0991 e. The Morgan fingerprint density at radius 1 is 1.00 bits per heavy atom. The molecule has 0 aliphatic rings. The van der Waals surface area contributed by atoms with Crippen LogP contribution in [0.2, 0.25) is 0 Å². The Balaban J connectivity index is 3.78. The molecule has 0 nitrogen and oxygen atoms in total. The lowest BCUT2D eigenvalue weighted by atomic mass is 10.4. The monoisotopic (exact) mass is 130 g/mol. The van der Waals surface area contributed by atoms with Crippen LogP contribution in [0.1, 0.15) is 0 Å². The summed E-state index contributed by atoms with van der Waals surface area (Å²) in [5.41, 5.74) is 5.20. The van der Waals surface area contributed by atoms with Gasteiger partial charge in [-0.1, -0.05) is 48.4 Å². The fourth-order valence-electron chi connectivity index (χ4n) is 0.369. The molecule has 0 radical (unpaired) electrons. The van der Waals surface area contributed by atoms with Crippen molar-refractivity contribution in [3.8, 4) is 0 Å². The van der Waals surface area contributed by atoms with Gasteiger partial charge < -0.3 is 0 Å². The molecule has 0 aliphatic heterocycles. The van der Waals surface area contributed by atoms with Gasteiger partial charge in [0, 0.05) is 0 Å². The molecule has 0 saturated heterocycles. The summed E-state index contributed by atoms with van der Waals surface area (Å²) in [6.45, 7) is 6.88. The zero-order valence-corrected chi connectivity index (χ0v) is 5.88. The van der Waals surface area contributed by atoms with Gasteiger partial charge in [0.2, 0.25) is 0 Å². The van der Waals surface area contributed by atoms with E-state index in [1.807, 2.05) is 24.3 Å². The maximum absolute atomic E-state index is 3.53. The minimum absolute atomic E-state index is 1.72. The van der Waals surface area contributed by atoms with E-state index in [-0.39, 0.29) is 0 Å². The van der Waals surface area contributed by atoms with Crippen molar-refractivity contribution >= 4 is 0 Å². The second-order valence-corrected chi connectivity index (χ2v) is 1.49. The molecule has 0 bridgehead atoms. The fourth-order valence-corrected chi connectivity index (χ4v) is 0.369. The van der Waals surface area contributed by atoms with Gasteiger partial charge >= 0.3 is 0 Å². The Kier molecular flexibility index (Phi) is 6.41. The fraction of sp³-hybridized carbons (Fsp3) is 0. The molecular formula is C10H10. The third-order valence-corrected chi connectivity index (χ3v) is 0.751. The van der Waals surface area contributed by atoms with Crippen LogP contribution in [-0.4, -0.2) is 0 Å². The van der Waals surface area contributed by atoms with Gasteiger partial charge in [-0.15, -0.1) is 0 Å². The topological polar surface area (TPSA) is 0 Å². The van der Waals surface area contributed by atoms with Crippen LogP contribution in [-0.2, 0) is 0 Å². The molecule has 0 saturated carbocycles. The summed E-state index contributed by atoms with van der Waals surface area (Å²) in [7, 11) is 0. The molecule has 0 amide bonds. The van der Waals surface area contributed by atoms with Crippen LogP contribution >= 0.6 is 0 Å². The Labute approximate surface area is 61.9 Å². The first-order chi connectivity index (χ1) is 4.91. The third-order valence-electron chi connectivity index (χ3n) is 0.751. The molecule has 0 unspecified atom stereocenters. The van der Waals surface area contributed by atoms with Crippen molar-refractivity contribution in [2.24, 2.45) is 0 Å². The highest BCUT2D eigenvalue weighted by Gasteiger charge is 1.56. The molecule has 0 N–H and O–H groups in total. The number of allylic oxidation sites excluding steroid dienone is 6. The van der Waals surface area contributed by atoms with E-state index in [0.717, 1.165) is 0 Å². The lowest BCUT2D eigenvalue weighted by Gasteiger charge is -1.67. The summed E-state index contributed by atoms with van der Waals surface area (Å²) in [6.07, 6.45) is 10.9. The van der Waals surface area contributed by atoms with E-state index in [1.54, 1.807) is 12.2 Å². The van der Waals surface area contributed by atoms with Crippen molar-refractivity contribution < 1.29 is 0 Å². The van der Waals surface area contributed by atoms with Gasteiger partial charge in [-0.05, 0) is 12.7 Å². The first kappa shape index (κ1) is 8.52.